The van der Waals surface area contributed by atoms with E-state index in [0.717, 1.165) is 35.5 Å². The van der Waals surface area contributed by atoms with Gasteiger partial charge in [-0.1, -0.05) is 17.9 Å². The Morgan fingerprint density at radius 2 is 1.92 bits per heavy atom. The maximum Gasteiger partial charge on any atom is 0.277 e. The number of rotatable bonds is 6. The van der Waals surface area contributed by atoms with Gasteiger partial charge < -0.3 is 9.84 Å². The second-order valence-electron chi connectivity index (χ2n) is 5.38. The highest BCUT2D eigenvalue weighted by Crippen LogP contribution is 2.19. The van der Waals surface area contributed by atoms with Crippen LogP contribution in [0.1, 0.15) is 16.7 Å². The Bertz CT molecular complexity index is 813. The van der Waals surface area contributed by atoms with Gasteiger partial charge in [0.2, 0.25) is 0 Å². The van der Waals surface area contributed by atoms with Crippen LogP contribution in [0.15, 0.2) is 41.5 Å². The highest BCUT2D eigenvalue weighted by molar-refractivity contribution is 5.86. The van der Waals surface area contributed by atoms with Gasteiger partial charge in [-0.2, -0.15) is 5.10 Å². The molecule has 25 heavy (non-hydrogen) atoms. The summed E-state index contributed by atoms with van der Waals surface area (Å²) in [6.07, 6.45) is 1.06. The van der Waals surface area contributed by atoms with Crippen molar-refractivity contribution < 1.29 is 19.6 Å². The third-order valence-electron chi connectivity index (χ3n) is 3.16. The number of nitro groups is 1. The van der Waals surface area contributed by atoms with E-state index in [-0.39, 0.29) is 17.9 Å². The Morgan fingerprint density at radius 3 is 2.56 bits per heavy atom. The first-order valence-corrected chi connectivity index (χ1v) is 7.33. The summed E-state index contributed by atoms with van der Waals surface area (Å²) in [7, 11) is 0. The normalized spacial score (nSPS) is 10.6. The first-order chi connectivity index (χ1) is 11.8. The molecule has 0 saturated carbocycles. The molecule has 130 valence electrons. The molecule has 0 aliphatic rings. The zero-order chi connectivity index (χ0) is 18.4. The molecule has 0 aliphatic carbocycles. The zero-order valence-corrected chi connectivity index (χ0v) is 13.7. The Hall–Kier alpha value is -3.42. The highest BCUT2D eigenvalue weighted by Gasteiger charge is 2.06. The number of aryl methyl sites for hydroxylation is 2. The molecule has 0 aromatic heterocycles. The lowest BCUT2D eigenvalue weighted by atomic mass is 10.1. The maximum absolute atomic E-state index is 11.7. The van der Waals surface area contributed by atoms with E-state index in [0.29, 0.717) is 5.75 Å². The molecule has 8 nitrogen and oxygen atoms in total. The van der Waals surface area contributed by atoms with Crippen LogP contribution in [0.25, 0.3) is 0 Å². The van der Waals surface area contributed by atoms with Crippen molar-refractivity contribution in [3.63, 3.8) is 0 Å². The van der Waals surface area contributed by atoms with Crippen molar-refractivity contribution in [1.29, 1.82) is 0 Å². The standard InChI is InChI=1S/C17H17N3O5/c1-11-5-12(2)7-15(6-11)25-10-17(22)19-18-9-13-8-14(20(23)24)3-4-16(13)21/h3-9,21H,10H2,1-2H3,(H,19,22)/p-1/b18-9-. The molecule has 2 aromatic carbocycles. The van der Waals surface area contributed by atoms with E-state index in [2.05, 4.69) is 10.5 Å². The third-order valence-corrected chi connectivity index (χ3v) is 3.16. The number of hydrogen-bond acceptors (Lipinski definition) is 6. The van der Waals surface area contributed by atoms with Crippen LogP contribution in [-0.4, -0.2) is 23.7 Å². The molecule has 1 amide bonds. The fraction of sp³-hybridized carbons (Fsp3) is 0.176. The summed E-state index contributed by atoms with van der Waals surface area (Å²) in [5, 5.41) is 25.9. The van der Waals surface area contributed by atoms with Gasteiger partial charge in [0.1, 0.15) is 5.75 Å². The Kier molecular flexibility index (Phi) is 5.67. The van der Waals surface area contributed by atoms with E-state index < -0.39 is 16.6 Å². The molecule has 8 heteroatoms. The van der Waals surface area contributed by atoms with Crippen molar-refractivity contribution in [3.8, 4) is 11.5 Å². The van der Waals surface area contributed by atoms with Gasteiger partial charge in [-0.3, -0.25) is 14.9 Å². The topological polar surface area (TPSA) is 117 Å². The van der Waals surface area contributed by atoms with Crippen LogP contribution in [0.3, 0.4) is 0 Å². The van der Waals surface area contributed by atoms with E-state index in [4.69, 9.17) is 4.74 Å². The minimum Gasteiger partial charge on any atom is -0.872 e. The van der Waals surface area contributed by atoms with Crippen molar-refractivity contribution in [2.45, 2.75) is 13.8 Å². The summed E-state index contributed by atoms with van der Waals surface area (Å²) in [6.45, 7) is 3.59. The number of amides is 1. The average Bonchev–Trinajstić information content (AvgIpc) is 2.53. The average molecular weight is 342 g/mol. The number of non-ortho nitro benzene ring substituents is 1. The highest BCUT2D eigenvalue weighted by atomic mass is 16.6. The van der Waals surface area contributed by atoms with Crippen molar-refractivity contribution in [2.24, 2.45) is 5.10 Å². The lowest BCUT2D eigenvalue weighted by Crippen LogP contribution is -2.24. The number of nitrogens with one attached hydrogen (secondary N) is 1. The molecule has 0 aliphatic heterocycles. The zero-order valence-electron chi connectivity index (χ0n) is 13.7. The van der Waals surface area contributed by atoms with Gasteiger partial charge >= 0.3 is 0 Å². The summed E-state index contributed by atoms with van der Waals surface area (Å²) >= 11 is 0. The predicted octanol–water partition coefficient (Wildman–Crippen LogP) is 1.81. The van der Waals surface area contributed by atoms with E-state index in [1.54, 1.807) is 12.1 Å². The van der Waals surface area contributed by atoms with Crippen LogP contribution in [0.4, 0.5) is 5.69 Å². The number of hydrogen-bond donors (Lipinski definition) is 1. The van der Waals surface area contributed by atoms with Gasteiger partial charge in [0.25, 0.3) is 11.6 Å². The summed E-state index contributed by atoms with van der Waals surface area (Å²) in [5.41, 5.74) is 4.01. The SMILES string of the molecule is Cc1cc(C)cc(OCC(=O)N/N=C\c2cc([N+](=O)[O-])ccc2[O-])c1. The molecule has 0 saturated heterocycles. The molecule has 1 N–H and O–H groups in total. The Labute approximate surface area is 143 Å². The van der Waals surface area contributed by atoms with Gasteiger partial charge in [0, 0.05) is 12.1 Å². The molecule has 0 radical (unpaired) electrons. The van der Waals surface area contributed by atoms with Gasteiger partial charge in [-0.15, -0.1) is 0 Å². The lowest BCUT2D eigenvalue weighted by Gasteiger charge is -2.09. The first kappa shape index (κ1) is 17.9. The third kappa shape index (κ3) is 5.31. The molecule has 0 bridgehead atoms. The van der Waals surface area contributed by atoms with E-state index >= 15 is 0 Å². The number of nitrogens with zero attached hydrogens (tertiary/aromatic N) is 2. The molecule has 0 fully saturated rings. The molecular formula is C17H16N3O5-. The summed E-state index contributed by atoms with van der Waals surface area (Å²) in [4.78, 5) is 21.8. The van der Waals surface area contributed by atoms with E-state index in [1.807, 2.05) is 19.9 Å². The van der Waals surface area contributed by atoms with Crippen LogP contribution in [0.2, 0.25) is 0 Å². The fourth-order valence-corrected chi connectivity index (χ4v) is 2.12. The number of hydrazone groups is 1. The number of carbonyl (C=O) groups is 1. The fourth-order valence-electron chi connectivity index (χ4n) is 2.12. The molecular weight excluding hydrogens is 326 g/mol. The molecule has 0 heterocycles. The molecule has 0 spiro atoms. The number of benzene rings is 2. The maximum atomic E-state index is 11.7. The van der Waals surface area contributed by atoms with E-state index in [9.17, 15) is 20.0 Å². The smallest absolute Gasteiger partial charge is 0.277 e. The predicted molar refractivity (Wildman–Crippen MR) is 89.7 cm³/mol. The van der Waals surface area contributed by atoms with Gasteiger partial charge in [-0.05, 0) is 42.7 Å². The Morgan fingerprint density at radius 1 is 1.24 bits per heavy atom. The van der Waals surface area contributed by atoms with Gasteiger partial charge in [-0.25, -0.2) is 5.43 Å². The second kappa shape index (κ2) is 7.91. The minimum atomic E-state index is -0.618. The second-order valence-corrected chi connectivity index (χ2v) is 5.38. The van der Waals surface area contributed by atoms with Crippen LogP contribution >= 0.6 is 0 Å². The van der Waals surface area contributed by atoms with Crippen molar-refractivity contribution >= 4 is 17.8 Å². The summed E-state index contributed by atoms with van der Waals surface area (Å²) in [5.74, 6) is -0.388. The molecule has 0 atom stereocenters. The van der Waals surface area contributed by atoms with Crippen LogP contribution in [-0.2, 0) is 4.79 Å². The van der Waals surface area contributed by atoms with Crippen LogP contribution < -0.4 is 15.3 Å². The van der Waals surface area contributed by atoms with Crippen LogP contribution in [0, 0.1) is 24.0 Å². The van der Waals surface area contributed by atoms with Gasteiger partial charge in [0.15, 0.2) is 6.61 Å². The van der Waals surface area contributed by atoms with Crippen LogP contribution in [0.5, 0.6) is 11.5 Å². The summed E-state index contributed by atoms with van der Waals surface area (Å²) in [6, 6.07) is 8.86. The first-order valence-electron chi connectivity index (χ1n) is 7.33. The minimum absolute atomic E-state index is 0.00438. The lowest BCUT2D eigenvalue weighted by molar-refractivity contribution is -0.385. The monoisotopic (exact) mass is 342 g/mol. The Balaban J connectivity index is 1.92. The quantitative estimate of drug-likeness (QED) is 0.488. The van der Waals surface area contributed by atoms with Gasteiger partial charge in [0.05, 0.1) is 11.1 Å². The number of carbonyl (C=O) groups excluding carboxylic acids is 1. The van der Waals surface area contributed by atoms with Crippen molar-refractivity contribution in [3.05, 3.63) is 63.2 Å². The molecule has 2 rings (SSSR count). The van der Waals surface area contributed by atoms with Crippen molar-refractivity contribution in [1.82, 2.24) is 5.43 Å². The molecule has 0 unspecified atom stereocenters. The van der Waals surface area contributed by atoms with Crippen molar-refractivity contribution in [2.75, 3.05) is 6.61 Å². The van der Waals surface area contributed by atoms with E-state index in [1.165, 1.54) is 0 Å². The summed E-state index contributed by atoms with van der Waals surface area (Å²) < 4.78 is 5.37. The largest absolute Gasteiger partial charge is 0.872 e. The molecule has 2 aromatic rings. The number of nitro benzene ring substituents is 1. The number of ether oxygens (including phenoxy) is 1.